The lowest BCUT2D eigenvalue weighted by Crippen LogP contribution is -2.19. The first-order valence-electron chi connectivity index (χ1n) is 3.99. The Bertz CT molecular complexity index is 214. The lowest BCUT2D eigenvalue weighted by atomic mass is 9.86. The normalized spacial score (nSPS) is 17.1. The van der Waals surface area contributed by atoms with Crippen molar-refractivity contribution in [2.45, 2.75) is 26.7 Å². The zero-order valence-corrected chi connectivity index (χ0v) is 7.54. The Morgan fingerprint density at radius 1 is 1.50 bits per heavy atom. The van der Waals surface area contributed by atoms with Gasteiger partial charge in [0.2, 0.25) is 0 Å². The van der Waals surface area contributed by atoms with Crippen LogP contribution in [0.2, 0.25) is 0 Å². The molecular weight excluding hydrogens is 152 g/mol. The van der Waals surface area contributed by atoms with E-state index in [0.29, 0.717) is 12.8 Å². The highest BCUT2D eigenvalue weighted by Gasteiger charge is 2.23. The van der Waals surface area contributed by atoms with E-state index in [9.17, 15) is 0 Å². The smallest absolute Gasteiger partial charge is 0.0776 e. The topological polar surface area (TPSA) is 67.8 Å². The SMILES string of the molecule is CC(C#N)CCC(C)(C#N)CO. The maximum Gasteiger partial charge on any atom is 0.0776 e. The first-order chi connectivity index (χ1) is 5.58. The molecule has 1 N–H and O–H groups in total. The minimum Gasteiger partial charge on any atom is -0.395 e. The molecule has 0 radical (unpaired) electrons. The van der Waals surface area contributed by atoms with Crippen LogP contribution in [0.25, 0.3) is 0 Å². The van der Waals surface area contributed by atoms with Gasteiger partial charge >= 0.3 is 0 Å². The highest BCUT2D eigenvalue weighted by molar-refractivity contribution is 4.96. The van der Waals surface area contributed by atoms with Gasteiger partial charge in [-0.2, -0.15) is 10.5 Å². The van der Waals surface area contributed by atoms with Gasteiger partial charge < -0.3 is 5.11 Å². The second kappa shape index (κ2) is 4.74. The Hall–Kier alpha value is -1.06. The lowest BCUT2D eigenvalue weighted by molar-refractivity contribution is 0.176. The number of nitrogens with zero attached hydrogens (tertiary/aromatic N) is 2. The van der Waals surface area contributed by atoms with Gasteiger partial charge in [0.05, 0.1) is 24.2 Å². The third kappa shape index (κ3) is 3.37. The molecule has 0 aliphatic carbocycles. The molecule has 0 heterocycles. The van der Waals surface area contributed by atoms with Gasteiger partial charge in [-0.05, 0) is 26.7 Å². The molecular formula is C9H14N2O. The van der Waals surface area contributed by atoms with Crippen LogP contribution in [-0.4, -0.2) is 11.7 Å². The molecule has 0 aromatic rings. The maximum absolute atomic E-state index is 8.87. The molecule has 0 bridgehead atoms. The van der Waals surface area contributed by atoms with Crippen molar-refractivity contribution in [3.63, 3.8) is 0 Å². The third-order valence-corrected chi connectivity index (χ3v) is 1.97. The molecule has 0 rings (SSSR count). The van der Waals surface area contributed by atoms with E-state index >= 15 is 0 Å². The molecule has 0 fully saturated rings. The van der Waals surface area contributed by atoms with E-state index < -0.39 is 5.41 Å². The minimum absolute atomic E-state index is 0.0378. The highest BCUT2D eigenvalue weighted by Crippen LogP contribution is 2.23. The van der Waals surface area contributed by atoms with Crippen LogP contribution in [0, 0.1) is 34.0 Å². The van der Waals surface area contributed by atoms with Crippen molar-refractivity contribution in [2.24, 2.45) is 11.3 Å². The summed E-state index contributed by atoms with van der Waals surface area (Å²) in [5, 5.41) is 26.0. The summed E-state index contributed by atoms with van der Waals surface area (Å²) in [4.78, 5) is 0. The molecule has 0 amide bonds. The number of aliphatic hydroxyl groups excluding tert-OH is 1. The van der Waals surface area contributed by atoms with Gasteiger partial charge in [0.15, 0.2) is 0 Å². The van der Waals surface area contributed by atoms with Crippen LogP contribution in [-0.2, 0) is 0 Å². The molecule has 3 nitrogen and oxygen atoms in total. The fraction of sp³-hybridized carbons (Fsp3) is 0.778. The average molecular weight is 166 g/mol. The molecule has 2 atom stereocenters. The number of hydrogen-bond acceptors (Lipinski definition) is 3. The van der Waals surface area contributed by atoms with E-state index in [4.69, 9.17) is 15.6 Å². The van der Waals surface area contributed by atoms with Gasteiger partial charge in [-0.1, -0.05) is 0 Å². The quantitative estimate of drug-likeness (QED) is 0.687. The van der Waals surface area contributed by atoms with Crippen LogP contribution in [0.1, 0.15) is 26.7 Å². The maximum atomic E-state index is 8.87. The molecule has 0 aliphatic heterocycles. The fourth-order valence-corrected chi connectivity index (χ4v) is 0.770. The van der Waals surface area contributed by atoms with Crippen LogP contribution in [0.5, 0.6) is 0 Å². The van der Waals surface area contributed by atoms with E-state index in [2.05, 4.69) is 6.07 Å². The molecule has 66 valence electrons. The van der Waals surface area contributed by atoms with Gasteiger partial charge in [0.1, 0.15) is 0 Å². The molecule has 2 unspecified atom stereocenters. The second-order valence-electron chi connectivity index (χ2n) is 3.40. The highest BCUT2D eigenvalue weighted by atomic mass is 16.3. The van der Waals surface area contributed by atoms with Crippen LogP contribution >= 0.6 is 0 Å². The van der Waals surface area contributed by atoms with Crippen molar-refractivity contribution in [2.75, 3.05) is 6.61 Å². The number of aliphatic hydroxyl groups is 1. The lowest BCUT2D eigenvalue weighted by Gasteiger charge is -2.18. The first-order valence-corrected chi connectivity index (χ1v) is 3.99. The molecule has 0 aliphatic rings. The summed E-state index contributed by atoms with van der Waals surface area (Å²) in [6, 6.07) is 4.14. The Morgan fingerprint density at radius 3 is 2.42 bits per heavy atom. The molecule has 3 heteroatoms. The summed E-state index contributed by atoms with van der Waals surface area (Å²) >= 11 is 0. The number of nitriles is 2. The van der Waals surface area contributed by atoms with Gasteiger partial charge in [0.25, 0.3) is 0 Å². The van der Waals surface area contributed by atoms with Crippen molar-refractivity contribution < 1.29 is 5.11 Å². The molecule has 12 heavy (non-hydrogen) atoms. The molecule has 0 saturated heterocycles. The number of hydrogen-bond donors (Lipinski definition) is 1. The van der Waals surface area contributed by atoms with E-state index in [-0.39, 0.29) is 12.5 Å². The van der Waals surface area contributed by atoms with Crippen molar-refractivity contribution in [1.29, 1.82) is 10.5 Å². The van der Waals surface area contributed by atoms with Crippen molar-refractivity contribution in [1.82, 2.24) is 0 Å². The molecule has 0 spiro atoms. The van der Waals surface area contributed by atoms with Crippen molar-refractivity contribution in [3.05, 3.63) is 0 Å². The number of rotatable bonds is 4. The Balaban J connectivity index is 3.93. The van der Waals surface area contributed by atoms with Crippen LogP contribution < -0.4 is 0 Å². The monoisotopic (exact) mass is 166 g/mol. The van der Waals surface area contributed by atoms with Crippen molar-refractivity contribution in [3.8, 4) is 12.1 Å². The summed E-state index contributed by atoms with van der Waals surface area (Å²) in [5.74, 6) is -0.0378. The fourth-order valence-electron chi connectivity index (χ4n) is 0.770. The second-order valence-corrected chi connectivity index (χ2v) is 3.40. The van der Waals surface area contributed by atoms with Gasteiger partial charge in [-0.25, -0.2) is 0 Å². The summed E-state index contributed by atoms with van der Waals surface area (Å²) < 4.78 is 0. The van der Waals surface area contributed by atoms with Crippen molar-refractivity contribution >= 4 is 0 Å². The van der Waals surface area contributed by atoms with Gasteiger partial charge in [-0.15, -0.1) is 0 Å². The molecule has 0 aromatic carbocycles. The largest absolute Gasteiger partial charge is 0.395 e. The third-order valence-electron chi connectivity index (χ3n) is 1.97. The van der Waals surface area contributed by atoms with Gasteiger partial charge in [-0.3, -0.25) is 0 Å². The summed E-state index contributed by atoms with van der Waals surface area (Å²) in [6.45, 7) is 3.38. The predicted molar refractivity (Wildman–Crippen MR) is 44.8 cm³/mol. The Kier molecular flexibility index (Phi) is 4.33. The van der Waals surface area contributed by atoms with Gasteiger partial charge in [0, 0.05) is 5.92 Å². The van der Waals surface area contributed by atoms with Crippen LogP contribution in [0.15, 0.2) is 0 Å². The van der Waals surface area contributed by atoms with E-state index in [1.807, 2.05) is 13.0 Å². The summed E-state index contributed by atoms with van der Waals surface area (Å²) in [5.41, 5.74) is -0.675. The molecule has 0 aromatic heterocycles. The Morgan fingerprint density at radius 2 is 2.08 bits per heavy atom. The zero-order chi connectivity index (χ0) is 9.61. The molecule has 0 saturated carbocycles. The van der Waals surface area contributed by atoms with Crippen LogP contribution in [0.4, 0.5) is 0 Å². The van der Waals surface area contributed by atoms with E-state index in [0.717, 1.165) is 0 Å². The minimum atomic E-state index is -0.675. The van der Waals surface area contributed by atoms with E-state index in [1.165, 1.54) is 0 Å². The summed E-state index contributed by atoms with van der Waals surface area (Å²) in [6.07, 6.45) is 1.25. The van der Waals surface area contributed by atoms with Crippen LogP contribution in [0.3, 0.4) is 0 Å². The predicted octanol–water partition coefficient (Wildman–Crippen LogP) is 1.45. The standard InChI is InChI=1S/C9H14N2O/c1-8(5-10)3-4-9(2,6-11)7-12/h8,12H,3-4,7H2,1-2H3. The zero-order valence-electron chi connectivity index (χ0n) is 7.54. The van der Waals surface area contributed by atoms with E-state index in [1.54, 1.807) is 6.92 Å². The summed E-state index contributed by atoms with van der Waals surface area (Å²) in [7, 11) is 0. The first kappa shape index (κ1) is 10.9. The average Bonchev–Trinajstić information content (AvgIpc) is 2.13. The Labute approximate surface area is 73.2 Å².